The highest BCUT2D eigenvalue weighted by Gasteiger charge is 2.22. The van der Waals surface area contributed by atoms with Crippen LogP contribution < -0.4 is 9.47 Å². The Hall–Kier alpha value is -3.55. The summed E-state index contributed by atoms with van der Waals surface area (Å²) in [5, 5.41) is 0. The molecule has 0 spiro atoms. The monoisotopic (exact) mass is 542 g/mol. The van der Waals surface area contributed by atoms with E-state index in [0.717, 1.165) is 29.5 Å². The Bertz CT molecular complexity index is 1100. The van der Waals surface area contributed by atoms with Gasteiger partial charge in [0.25, 0.3) is 0 Å². The third-order valence-electron chi connectivity index (χ3n) is 6.35. The number of rotatable bonds is 16. The van der Waals surface area contributed by atoms with Gasteiger partial charge in [0.05, 0.1) is 25.7 Å². The maximum Gasteiger partial charge on any atom is 0.508 e. The molecule has 0 aliphatic carbocycles. The fourth-order valence-electron chi connectivity index (χ4n) is 4.10. The van der Waals surface area contributed by atoms with Crippen molar-refractivity contribution in [1.29, 1.82) is 0 Å². The van der Waals surface area contributed by atoms with Crippen molar-refractivity contribution in [1.82, 2.24) is 0 Å². The van der Waals surface area contributed by atoms with Gasteiger partial charge in [-0.2, -0.15) is 0 Å². The Morgan fingerprint density at radius 1 is 0.949 bits per heavy atom. The minimum atomic E-state index is -0.670. The SMILES string of the molecule is C=C(C)C(=O)OCCCc1cc(-c2ccc(OCCCCCCC)c(F)c2)ccc1OCC1COC(=O)OC1. The molecule has 8 heteroatoms. The molecule has 0 bridgehead atoms. The number of esters is 1. The molecular formula is C31H39FO7. The van der Waals surface area contributed by atoms with Crippen LogP contribution in [0.25, 0.3) is 11.1 Å². The molecule has 2 aromatic rings. The predicted molar refractivity (Wildman–Crippen MR) is 146 cm³/mol. The number of cyclic esters (lactones) is 2. The van der Waals surface area contributed by atoms with E-state index in [0.29, 0.717) is 37.4 Å². The minimum Gasteiger partial charge on any atom is -0.493 e. The van der Waals surface area contributed by atoms with Crippen molar-refractivity contribution in [2.75, 3.05) is 33.0 Å². The predicted octanol–water partition coefficient (Wildman–Crippen LogP) is 7.06. The van der Waals surface area contributed by atoms with Crippen LogP contribution in [0, 0.1) is 11.7 Å². The molecule has 0 atom stereocenters. The molecule has 1 aliphatic rings. The number of aryl methyl sites for hydroxylation is 1. The third-order valence-corrected chi connectivity index (χ3v) is 6.35. The van der Waals surface area contributed by atoms with E-state index in [1.54, 1.807) is 13.0 Å². The first-order valence-corrected chi connectivity index (χ1v) is 13.7. The second-order valence-corrected chi connectivity index (χ2v) is 9.80. The van der Waals surface area contributed by atoms with Crippen molar-refractivity contribution in [3.05, 3.63) is 59.9 Å². The normalized spacial score (nSPS) is 13.4. The molecule has 1 heterocycles. The molecule has 0 saturated carbocycles. The van der Waals surface area contributed by atoms with Gasteiger partial charge in [-0.1, -0.05) is 51.3 Å². The highest BCUT2D eigenvalue weighted by atomic mass is 19.1. The Labute approximate surface area is 230 Å². The molecule has 1 saturated heterocycles. The number of benzene rings is 2. The van der Waals surface area contributed by atoms with E-state index in [-0.39, 0.29) is 31.5 Å². The lowest BCUT2D eigenvalue weighted by Gasteiger charge is -2.22. The van der Waals surface area contributed by atoms with E-state index in [2.05, 4.69) is 13.5 Å². The molecule has 7 nitrogen and oxygen atoms in total. The van der Waals surface area contributed by atoms with Crippen LogP contribution in [0.3, 0.4) is 0 Å². The van der Waals surface area contributed by atoms with Crippen LogP contribution >= 0.6 is 0 Å². The van der Waals surface area contributed by atoms with E-state index >= 15 is 0 Å². The Morgan fingerprint density at radius 2 is 1.64 bits per heavy atom. The first kappa shape index (κ1) is 30.0. The number of halogens is 1. The van der Waals surface area contributed by atoms with E-state index in [1.807, 2.05) is 24.3 Å². The lowest BCUT2D eigenvalue weighted by atomic mass is 9.99. The highest BCUT2D eigenvalue weighted by Crippen LogP contribution is 2.31. The van der Waals surface area contributed by atoms with Crippen LogP contribution in [0.4, 0.5) is 9.18 Å². The van der Waals surface area contributed by atoms with Crippen LogP contribution in [0.15, 0.2) is 48.6 Å². The third kappa shape index (κ3) is 9.93. The van der Waals surface area contributed by atoms with Gasteiger partial charge in [0, 0.05) is 5.57 Å². The van der Waals surface area contributed by atoms with Crippen LogP contribution in [0.5, 0.6) is 11.5 Å². The van der Waals surface area contributed by atoms with E-state index in [4.69, 9.17) is 23.7 Å². The topological polar surface area (TPSA) is 80.3 Å². The van der Waals surface area contributed by atoms with Crippen LogP contribution in [0.1, 0.15) is 57.9 Å². The summed E-state index contributed by atoms with van der Waals surface area (Å²) in [6, 6.07) is 10.7. The van der Waals surface area contributed by atoms with Crippen molar-refractivity contribution >= 4 is 12.1 Å². The molecule has 0 N–H and O–H groups in total. The largest absolute Gasteiger partial charge is 0.508 e. The van der Waals surface area contributed by atoms with Gasteiger partial charge in [-0.15, -0.1) is 0 Å². The standard InChI is InChI=1S/C31H39FO7/c1-4-5-6-7-8-15-35-29-14-12-25(18-27(29)32)24-11-13-28(37-19-23-20-38-31(34)39-21-23)26(17-24)10-9-16-36-30(33)22(2)3/h11-14,17-18,23H,2,4-10,15-16,19-21H2,1,3H3. The summed E-state index contributed by atoms with van der Waals surface area (Å²) in [6.07, 6.45) is 6.02. The highest BCUT2D eigenvalue weighted by molar-refractivity contribution is 5.86. The molecule has 3 rings (SSSR count). The molecule has 0 aromatic heterocycles. The smallest absolute Gasteiger partial charge is 0.493 e. The summed E-state index contributed by atoms with van der Waals surface area (Å²) >= 11 is 0. The molecule has 39 heavy (non-hydrogen) atoms. The first-order chi connectivity index (χ1) is 18.9. The average Bonchev–Trinajstić information content (AvgIpc) is 2.93. The number of carbonyl (C=O) groups excluding carboxylic acids is 2. The van der Waals surface area contributed by atoms with E-state index in [1.165, 1.54) is 25.3 Å². The Balaban J connectivity index is 1.67. The van der Waals surface area contributed by atoms with Gasteiger partial charge < -0.3 is 23.7 Å². The summed E-state index contributed by atoms with van der Waals surface area (Å²) in [5.41, 5.74) is 2.79. The second-order valence-electron chi connectivity index (χ2n) is 9.80. The summed E-state index contributed by atoms with van der Waals surface area (Å²) < 4.78 is 41.6. The number of hydrogen-bond acceptors (Lipinski definition) is 7. The van der Waals surface area contributed by atoms with Crippen LogP contribution in [-0.4, -0.2) is 45.2 Å². The van der Waals surface area contributed by atoms with Gasteiger partial charge in [-0.05, 0) is 67.1 Å². The van der Waals surface area contributed by atoms with Gasteiger partial charge in [-0.3, -0.25) is 0 Å². The van der Waals surface area contributed by atoms with Gasteiger partial charge in [-0.25, -0.2) is 14.0 Å². The van der Waals surface area contributed by atoms with Crippen LogP contribution in [0.2, 0.25) is 0 Å². The number of carbonyl (C=O) groups is 2. The van der Waals surface area contributed by atoms with Crippen molar-refractivity contribution < 1.29 is 37.7 Å². The minimum absolute atomic E-state index is 0.0833. The van der Waals surface area contributed by atoms with E-state index in [9.17, 15) is 14.0 Å². The first-order valence-electron chi connectivity index (χ1n) is 13.7. The fraction of sp³-hybridized carbons (Fsp3) is 0.484. The Kier molecular flexibility index (Phi) is 12.1. The quantitative estimate of drug-likeness (QED) is 0.128. The molecule has 1 fully saturated rings. The maximum absolute atomic E-state index is 14.8. The summed E-state index contributed by atoms with van der Waals surface area (Å²) in [4.78, 5) is 22.8. The summed E-state index contributed by atoms with van der Waals surface area (Å²) in [6.45, 7) is 8.88. The molecule has 2 aromatic carbocycles. The van der Waals surface area contributed by atoms with Crippen LogP contribution in [-0.2, 0) is 25.4 Å². The molecular weight excluding hydrogens is 503 g/mol. The van der Waals surface area contributed by atoms with Crippen molar-refractivity contribution in [2.45, 2.75) is 58.8 Å². The second kappa shape index (κ2) is 15.8. The molecule has 0 radical (unpaired) electrons. The van der Waals surface area contributed by atoms with Gasteiger partial charge in [0.1, 0.15) is 19.0 Å². The number of unbranched alkanes of at least 4 members (excludes halogenated alkanes) is 4. The zero-order chi connectivity index (χ0) is 28.0. The van der Waals surface area contributed by atoms with Gasteiger partial charge in [0.2, 0.25) is 0 Å². The van der Waals surface area contributed by atoms with Crippen molar-refractivity contribution in [2.24, 2.45) is 5.92 Å². The summed E-state index contributed by atoms with van der Waals surface area (Å²) in [5.74, 6) is 0.00172. The molecule has 212 valence electrons. The zero-order valence-electron chi connectivity index (χ0n) is 23.0. The zero-order valence-corrected chi connectivity index (χ0v) is 23.0. The molecule has 0 amide bonds. The lowest BCUT2D eigenvalue weighted by Crippen LogP contribution is -2.31. The number of hydrogen-bond donors (Lipinski definition) is 0. The van der Waals surface area contributed by atoms with Crippen molar-refractivity contribution in [3.63, 3.8) is 0 Å². The Morgan fingerprint density at radius 3 is 2.33 bits per heavy atom. The molecule has 0 unspecified atom stereocenters. The van der Waals surface area contributed by atoms with Crippen molar-refractivity contribution in [3.8, 4) is 22.6 Å². The molecule has 1 aliphatic heterocycles. The average molecular weight is 543 g/mol. The maximum atomic E-state index is 14.8. The lowest BCUT2D eigenvalue weighted by molar-refractivity contribution is -0.139. The van der Waals surface area contributed by atoms with E-state index < -0.39 is 17.9 Å². The van der Waals surface area contributed by atoms with Gasteiger partial charge in [0.15, 0.2) is 11.6 Å². The van der Waals surface area contributed by atoms with Gasteiger partial charge >= 0.3 is 12.1 Å². The number of ether oxygens (including phenoxy) is 5. The summed E-state index contributed by atoms with van der Waals surface area (Å²) in [7, 11) is 0. The fourth-order valence-corrected chi connectivity index (χ4v) is 4.10.